The van der Waals surface area contributed by atoms with Crippen LogP contribution in [0.2, 0.25) is 0 Å². The van der Waals surface area contributed by atoms with Gasteiger partial charge in [0.15, 0.2) is 5.78 Å². The molecule has 0 heterocycles. The number of halogens is 2. The normalized spacial score (nSPS) is 12.0. The fourth-order valence-corrected chi connectivity index (χ4v) is 3.69. The van der Waals surface area contributed by atoms with E-state index >= 15 is 0 Å². The lowest BCUT2D eigenvalue weighted by molar-refractivity contribution is 0.0949. The zero-order chi connectivity index (χ0) is 21.5. The fraction of sp³-hybridized carbons (Fsp3) is 0.269. The lowest BCUT2D eigenvalue weighted by atomic mass is 9.81. The number of ketones is 1. The maximum Gasteiger partial charge on any atom is 0.170 e. The summed E-state index contributed by atoms with van der Waals surface area (Å²) in [5, 5.41) is 0. The minimum absolute atomic E-state index is 0.0714. The topological polar surface area (TPSA) is 26.3 Å². The van der Waals surface area contributed by atoms with Crippen LogP contribution in [0.1, 0.15) is 42.1 Å². The van der Waals surface area contributed by atoms with Crippen LogP contribution >= 0.6 is 11.6 Å². The lowest BCUT2D eigenvalue weighted by Gasteiger charge is -2.22. The first kappa shape index (κ1) is 22.0. The van der Waals surface area contributed by atoms with Gasteiger partial charge in [-0.15, -0.1) is 11.6 Å². The van der Waals surface area contributed by atoms with E-state index in [4.69, 9.17) is 16.3 Å². The van der Waals surface area contributed by atoms with Gasteiger partial charge in [-0.05, 0) is 65.4 Å². The van der Waals surface area contributed by atoms with Gasteiger partial charge in [0.05, 0.1) is 5.88 Å². The predicted octanol–water partition coefficient (Wildman–Crippen LogP) is 7.12. The van der Waals surface area contributed by atoms with Crippen LogP contribution in [-0.4, -0.2) is 18.3 Å². The first-order chi connectivity index (χ1) is 14.5. The highest BCUT2D eigenvalue weighted by atomic mass is 35.5. The van der Waals surface area contributed by atoms with E-state index in [1.54, 1.807) is 36.4 Å². The second kappa shape index (κ2) is 10.4. The smallest absolute Gasteiger partial charge is 0.170 e. The summed E-state index contributed by atoms with van der Waals surface area (Å²) in [4.78, 5) is 13.5. The van der Waals surface area contributed by atoms with Gasteiger partial charge in [-0.1, -0.05) is 50.2 Å². The highest BCUT2D eigenvalue weighted by Crippen LogP contribution is 2.35. The third-order valence-electron chi connectivity index (χ3n) is 5.00. The van der Waals surface area contributed by atoms with Gasteiger partial charge in [-0.2, -0.15) is 0 Å². The third kappa shape index (κ3) is 5.48. The Balaban J connectivity index is 1.97. The van der Waals surface area contributed by atoms with Crippen molar-refractivity contribution in [2.75, 3.05) is 12.5 Å². The van der Waals surface area contributed by atoms with Crippen molar-refractivity contribution in [1.29, 1.82) is 0 Å². The van der Waals surface area contributed by atoms with Crippen LogP contribution in [0.5, 0.6) is 5.75 Å². The molecule has 0 saturated carbocycles. The summed E-state index contributed by atoms with van der Waals surface area (Å²) in [5.74, 6) is 0.952. The van der Waals surface area contributed by atoms with Gasteiger partial charge in [0.25, 0.3) is 0 Å². The van der Waals surface area contributed by atoms with Crippen molar-refractivity contribution in [3.63, 3.8) is 0 Å². The Labute approximate surface area is 182 Å². The van der Waals surface area contributed by atoms with Crippen molar-refractivity contribution >= 4 is 17.4 Å². The molecule has 0 bridgehead atoms. The van der Waals surface area contributed by atoms with Gasteiger partial charge in [0.2, 0.25) is 0 Å². The van der Waals surface area contributed by atoms with Gasteiger partial charge in [-0.3, -0.25) is 4.79 Å². The molecule has 0 radical (unpaired) electrons. The van der Waals surface area contributed by atoms with Gasteiger partial charge >= 0.3 is 0 Å². The number of ether oxygens (including phenoxy) is 1. The predicted molar refractivity (Wildman–Crippen MR) is 121 cm³/mol. The summed E-state index contributed by atoms with van der Waals surface area (Å²) in [6, 6.07) is 21.5. The Kier molecular flexibility index (Phi) is 7.64. The molecule has 0 aliphatic rings. The molecule has 0 fully saturated rings. The van der Waals surface area contributed by atoms with E-state index < -0.39 is 0 Å². The minimum atomic E-state index is -0.291. The molecule has 156 valence electrons. The molecule has 1 atom stereocenters. The Hall–Kier alpha value is -2.65. The minimum Gasteiger partial charge on any atom is -0.492 e. The number of carbonyl (C=O) groups is 1. The van der Waals surface area contributed by atoms with E-state index in [0.29, 0.717) is 29.7 Å². The molecule has 0 N–H and O–H groups in total. The number of Topliss-reactive ketones (excluding diaryl/α,β-unsaturated/α-hetero) is 1. The Morgan fingerprint density at radius 1 is 0.967 bits per heavy atom. The largest absolute Gasteiger partial charge is 0.492 e. The van der Waals surface area contributed by atoms with E-state index in [9.17, 15) is 9.18 Å². The van der Waals surface area contributed by atoms with Crippen molar-refractivity contribution < 1.29 is 13.9 Å². The summed E-state index contributed by atoms with van der Waals surface area (Å²) in [6.07, 6.45) is 0.724. The molecule has 30 heavy (non-hydrogen) atoms. The first-order valence-electron chi connectivity index (χ1n) is 10.2. The molecule has 3 aromatic carbocycles. The zero-order valence-electron chi connectivity index (χ0n) is 17.3. The third-order valence-corrected chi connectivity index (χ3v) is 5.15. The highest BCUT2D eigenvalue weighted by molar-refractivity contribution is 6.18. The van der Waals surface area contributed by atoms with Crippen molar-refractivity contribution in [2.45, 2.75) is 26.2 Å². The van der Waals surface area contributed by atoms with Crippen LogP contribution in [-0.2, 0) is 0 Å². The molecule has 0 unspecified atom stereocenters. The van der Waals surface area contributed by atoms with Crippen LogP contribution < -0.4 is 4.74 Å². The van der Waals surface area contributed by atoms with Crippen LogP contribution in [0.3, 0.4) is 0 Å². The van der Waals surface area contributed by atoms with Gasteiger partial charge in [0, 0.05) is 11.5 Å². The number of carbonyl (C=O) groups excluding carboxylic acids is 1. The zero-order valence-corrected chi connectivity index (χ0v) is 18.0. The summed E-state index contributed by atoms with van der Waals surface area (Å²) < 4.78 is 18.9. The average Bonchev–Trinajstić information content (AvgIpc) is 2.76. The van der Waals surface area contributed by atoms with Gasteiger partial charge in [-0.25, -0.2) is 4.39 Å². The molecule has 0 aliphatic heterocycles. The fourth-order valence-electron chi connectivity index (χ4n) is 3.61. The molecule has 4 heteroatoms. The van der Waals surface area contributed by atoms with E-state index in [2.05, 4.69) is 13.8 Å². The second-order valence-electron chi connectivity index (χ2n) is 7.70. The Morgan fingerprint density at radius 3 is 2.27 bits per heavy atom. The summed E-state index contributed by atoms with van der Waals surface area (Å²) in [7, 11) is 0. The summed E-state index contributed by atoms with van der Waals surface area (Å²) in [6.45, 7) is 4.66. The van der Waals surface area contributed by atoms with Crippen LogP contribution in [0.15, 0.2) is 72.8 Å². The van der Waals surface area contributed by atoms with Crippen LogP contribution in [0.25, 0.3) is 11.1 Å². The quantitative estimate of drug-likeness (QED) is 0.270. The molecule has 0 aromatic heterocycles. The van der Waals surface area contributed by atoms with E-state index in [1.165, 1.54) is 12.1 Å². The van der Waals surface area contributed by atoms with Gasteiger partial charge in [0.1, 0.15) is 18.2 Å². The van der Waals surface area contributed by atoms with Crippen molar-refractivity contribution in [1.82, 2.24) is 0 Å². The molecular weight excluding hydrogens is 399 g/mol. The Morgan fingerprint density at radius 2 is 1.63 bits per heavy atom. The number of alkyl halides is 1. The number of hydrogen-bond acceptors (Lipinski definition) is 2. The van der Waals surface area contributed by atoms with E-state index in [1.807, 2.05) is 24.3 Å². The maximum atomic E-state index is 13.5. The van der Waals surface area contributed by atoms with Gasteiger partial charge < -0.3 is 4.74 Å². The molecule has 0 aliphatic carbocycles. The van der Waals surface area contributed by atoms with Crippen molar-refractivity contribution in [3.8, 4) is 16.9 Å². The summed E-state index contributed by atoms with van der Waals surface area (Å²) in [5.41, 5.74) is 3.47. The number of rotatable bonds is 9. The highest BCUT2D eigenvalue weighted by Gasteiger charge is 2.25. The molecule has 3 rings (SSSR count). The lowest BCUT2D eigenvalue weighted by Crippen LogP contribution is -2.16. The Bertz CT molecular complexity index is 965. The molecule has 3 aromatic rings. The molecular formula is C26H26ClFO2. The van der Waals surface area contributed by atoms with Crippen molar-refractivity contribution in [2.24, 2.45) is 5.92 Å². The SMILES string of the molecule is CC(C)C[C@H](C(=O)c1ccc(OCCCl)cc1)c1ccccc1-c1ccc(F)cc1. The standard InChI is InChI=1S/C26H26ClFO2/c1-18(2)17-25(26(29)20-9-13-22(14-10-20)30-16-15-27)24-6-4-3-5-23(24)19-7-11-21(28)12-8-19/h3-14,18,25H,15-17H2,1-2H3/t25-/m0/s1. The number of hydrogen-bond donors (Lipinski definition) is 0. The van der Waals surface area contributed by atoms with Crippen LogP contribution in [0, 0.1) is 11.7 Å². The maximum absolute atomic E-state index is 13.5. The van der Waals surface area contributed by atoms with Crippen molar-refractivity contribution in [3.05, 3.63) is 89.7 Å². The molecule has 0 spiro atoms. The second-order valence-corrected chi connectivity index (χ2v) is 8.08. The molecule has 0 saturated heterocycles. The molecule has 2 nitrogen and oxygen atoms in total. The average molecular weight is 425 g/mol. The van der Waals surface area contributed by atoms with E-state index in [-0.39, 0.29) is 17.5 Å². The van der Waals surface area contributed by atoms with E-state index in [0.717, 1.165) is 23.1 Å². The number of benzene rings is 3. The molecule has 0 amide bonds. The first-order valence-corrected chi connectivity index (χ1v) is 10.7. The summed E-state index contributed by atoms with van der Waals surface area (Å²) >= 11 is 5.67. The van der Waals surface area contributed by atoms with Crippen LogP contribution in [0.4, 0.5) is 4.39 Å². The monoisotopic (exact) mass is 424 g/mol.